The topological polar surface area (TPSA) is 93.7 Å². The summed E-state index contributed by atoms with van der Waals surface area (Å²) in [5, 5.41) is 5.30. The van der Waals surface area contributed by atoms with Crippen molar-refractivity contribution < 1.29 is 23.9 Å². The molecule has 0 aliphatic carbocycles. The van der Waals surface area contributed by atoms with E-state index in [0.717, 1.165) is 5.56 Å². The van der Waals surface area contributed by atoms with Crippen LogP contribution in [0.5, 0.6) is 0 Å². The molecule has 1 aliphatic heterocycles. The Morgan fingerprint density at radius 2 is 1.85 bits per heavy atom. The van der Waals surface area contributed by atoms with Gasteiger partial charge in [-0.05, 0) is 19.4 Å². The van der Waals surface area contributed by atoms with Crippen molar-refractivity contribution in [2.75, 3.05) is 14.2 Å². The van der Waals surface area contributed by atoms with Gasteiger partial charge in [-0.2, -0.15) is 0 Å². The van der Waals surface area contributed by atoms with Gasteiger partial charge < -0.3 is 14.8 Å². The van der Waals surface area contributed by atoms with E-state index in [1.807, 2.05) is 44.2 Å². The van der Waals surface area contributed by atoms with Gasteiger partial charge in [-0.15, -0.1) is 11.8 Å². The molecule has 1 aliphatic rings. The maximum Gasteiger partial charge on any atom is 0.330 e. The van der Waals surface area contributed by atoms with E-state index in [4.69, 9.17) is 9.47 Å². The zero-order valence-electron chi connectivity index (χ0n) is 15.3. The van der Waals surface area contributed by atoms with Crippen LogP contribution < -0.4 is 10.6 Å². The molecule has 8 heteroatoms. The summed E-state index contributed by atoms with van der Waals surface area (Å²) in [7, 11) is 2.58. The highest BCUT2D eigenvalue weighted by atomic mass is 32.2. The van der Waals surface area contributed by atoms with E-state index >= 15 is 0 Å². The minimum absolute atomic E-state index is 0.148. The first-order valence-corrected chi connectivity index (χ1v) is 9.09. The second-order valence-electron chi connectivity index (χ2n) is 6.50. The van der Waals surface area contributed by atoms with Gasteiger partial charge in [-0.25, -0.2) is 4.79 Å². The predicted octanol–water partition coefficient (Wildman–Crippen LogP) is 0.870. The molecular weight excluding hydrogens is 356 g/mol. The molecule has 2 N–H and O–H groups in total. The van der Waals surface area contributed by atoms with Crippen LogP contribution in [0.2, 0.25) is 0 Å². The number of hydrogen-bond acceptors (Lipinski definition) is 7. The highest BCUT2D eigenvalue weighted by Crippen LogP contribution is 2.39. The van der Waals surface area contributed by atoms with Gasteiger partial charge in [0.1, 0.15) is 6.04 Å². The molecule has 1 aromatic carbocycles. The fourth-order valence-electron chi connectivity index (χ4n) is 2.82. The molecule has 0 spiro atoms. The average Bonchev–Trinajstić information content (AvgIpc) is 2.94. The zero-order chi connectivity index (χ0) is 19.3. The second kappa shape index (κ2) is 8.55. The van der Waals surface area contributed by atoms with Gasteiger partial charge >= 0.3 is 11.9 Å². The number of esters is 2. The van der Waals surface area contributed by atoms with Gasteiger partial charge in [-0.1, -0.05) is 30.3 Å². The first-order chi connectivity index (χ1) is 12.3. The fourth-order valence-corrected chi connectivity index (χ4v) is 4.29. The van der Waals surface area contributed by atoms with Crippen LogP contribution in [0.25, 0.3) is 0 Å². The van der Waals surface area contributed by atoms with Crippen LogP contribution in [0.3, 0.4) is 0 Å². The first kappa shape index (κ1) is 20.3. The van der Waals surface area contributed by atoms with Crippen molar-refractivity contribution >= 4 is 29.6 Å². The highest BCUT2D eigenvalue weighted by molar-refractivity contribution is 8.01. The predicted molar refractivity (Wildman–Crippen MR) is 98.5 cm³/mol. The Bertz CT molecular complexity index is 665. The molecule has 1 fully saturated rings. The maximum absolute atomic E-state index is 12.4. The number of methoxy groups -OCH3 is 2. The van der Waals surface area contributed by atoms with Crippen LogP contribution in [-0.2, 0) is 30.3 Å². The zero-order valence-corrected chi connectivity index (χ0v) is 16.1. The van der Waals surface area contributed by atoms with Crippen LogP contribution >= 0.6 is 11.8 Å². The SMILES string of the molecule is COC(=O)[C@H]1N[C@H]([C@@H](NC(=O)Cc2ccccc2)C(=O)OC)SC1(C)C. The number of amides is 1. The number of carbonyl (C=O) groups is 3. The third-order valence-electron chi connectivity index (χ3n) is 4.18. The molecule has 3 atom stereocenters. The summed E-state index contributed by atoms with van der Waals surface area (Å²) in [4.78, 5) is 36.6. The smallest absolute Gasteiger partial charge is 0.330 e. The van der Waals surface area contributed by atoms with E-state index in [2.05, 4.69) is 10.6 Å². The summed E-state index contributed by atoms with van der Waals surface area (Å²) in [5.74, 6) is -1.28. The maximum atomic E-state index is 12.4. The number of ether oxygens (including phenoxy) is 2. The van der Waals surface area contributed by atoms with Gasteiger partial charge in [0.25, 0.3) is 0 Å². The summed E-state index contributed by atoms with van der Waals surface area (Å²) in [6.45, 7) is 3.76. The lowest BCUT2D eigenvalue weighted by Gasteiger charge is -2.23. The Morgan fingerprint density at radius 3 is 2.42 bits per heavy atom. The molecule has 2 rings (SSSR count). The lowest BCUT2D eigenvalue weighted by atomic mass is 10.0. The summed E-state index contributed by atoms with van der Waals surface area (Å²) in [6, 6.07) is 7.72. The van der Waals surface area contributed by atoms with Crippen molar-refractivity contribution in [2.45, 2.75) is 42.5 Å². The molecule has 26 heavy (non-hydrogen) atoms. The summed E-state index contributed by atoms with van der Waals surface area (Å²) in [5.41, 5.74) is 0.841. The molecule has 0 aromatic heterocycles. The Balaban J connectivity index is 2.11. The van der Waals surface area contributed by atoms with Crippen molar-refractivity contribution in [1.29, 1.82) is 0 Å². The molecule has 1 heterocycles. The summed E-state index contributed by atoms with van der Waals surface area (Å²) in [6.07, 6.45) is 0.148. The Kier molecular flexibility index (Phi) is 6.66. The summed E-state index contributed by atoms with van der Waals surface area (Å²) < 4.78 is 9.16. The van der Waals surface area contributed by atoms with Crippen LogP contribution in [-0.4, -0.2) is 54.3 Å². The molecule has 0 saturated carbocycles. The van der Waals surface area contributed by atoms with Crippen LogP contribution in [0.4, 0.5) is 0 Å². The van der Waals surface area contributed by atoms with Crippen molar-refractivity contribution in [3.8, 4) is 0 Å². The van der Waals surface area contributed by atoms with Crippen LogP contribution in [0, 0.1) is 0 Å². The van der Waals surface area contributed by atoms with E-state index < -0.39 is 34.1 Å². The number of thioether (sulfide) groups is 1. The number of rotatable bonds is 6. The fraction of sp³-hybridized carbons (Fsp3) is 0.500. The molecule has 7 nitrogen and oxygen atoms in total. The quantitative estimate of drug-likeness (QED) is 0.707. The van der Waals surface area contributed by atoms with Crippen molar-refractivity contribution in [3.05, 3.63) is 35.9 Å². The second-order valence-corrected chi connectivity index (χ2v) is 8.29. The van der Waals surface area contributed by atoms with Gasteiger partial charge in [0, 0.05) is 4.75 Å². The number of nitrogens with one attached hydrogen (secondary N) is 2. The average molecular weight is 380 g/mol. The van der Waals surface area contributed by atoms with Crippen LogP contribution in [0.1, 0.15) is 19.4 Å². The lowest BCUT2D eigenvalue weighted by Crippen LogP contribution is -2.54. The van der Waals surface area contributed by atoms with E-state index in [9.17, 15) is 14.4 Å². The highest BCUT2D eigenvalue weighted by Gasteiger charge is 2.50. The summed E-state index contributed by atoms with van der Waals surface area (Å²) >= 11 is 1.39. The standard InChI is InChI=1S/C18H24N2O5S/c1-18(2)14(17(23)25-4)20-15(26-18)13(16(22)24-3)19-12(21)10-11-8-6-5-7-9-11/h5-9,13-15,20H,10H2,1-4H3,(H,19,21)/t13-,14-,15+/m1/s1. The van der Waals surface area contributed by atoms with E-state index in [-0.39, 0.29) is 12.3 Å². The van der Waals surface area contributed by atoms with E-state index in [1.165, 1.54) is 26.0 Å². The molecule has 1 saturated heterocycles. The van der Waals surface area contributed by atoms with Crippen molar-refractivity contribution in [3.63, 3.8) is 0 Å². The van der Waals surface area contributed by atoms with E-state index in [1.54, 1.807) is 0 Å². The number of hydrogen-bond donors (Lipinski definition) is 2. The van der Waals surface area contributed by atoms with Crippen LogP contribution in [0.15, 0.2) is 30.3 Å². The lowest BCUT2D eigenvalue weighted by molar-refractivity contribution is -0.146. The molecule has 0 unspecified atom stereocenters. The largest absolute Gasteiger partial charge is 0.468 e. The molecule has 0 radical (unpaired) electrons. The molecule has 0 bridgehead atoms. The normalized spacial score (nSPS) is 22.3. The third kappa shape index (κ3) is 4.76. The Labute approximate surface area is 157 Å². The Morgan fingerprint density at radius 1 is 1.19 bits per heavy atom. The number of benzene rings is 1. The minimum Gasteiger partial charge on any atom is -0.468 e. The number of carbonyl (C=O) groups excluding carboxylic acids is 3. The molecule has 142 valence electrons. The third-order valence-corrected chi connectivity index (χ3v) is 5.68. The first-order valence-electron chi connectivity index (χ1n) is 8.21. The minimum atomic E-state index is -0.921. The Hall–Kier alpha value is -2.06. The molecule has 1 aromatic rings. The molecule has 1 amide bonds. The van der Waals surface area contributed by atoms with E-state index in [0.29, 0.717) is 0 Å². The van der Waals surface area contributed by atoms with Crippen molar-refractivity contribution in [1.82, 2.24) is 10.6 Å². The van der Waals surface area contributed by atoms with Gasteiger partial charge in [-0.3, -0.25) is 14.9 Å². The monoisotopic (exact) mass is 380 g/mol. The molecular formula is C18H24N2O5S. The van der Waals surface area contributed by atoms with Gasteiger partial charge in [0.15, 0.2) is 6.04 Å². The van der Waals surface area contributed by atoms with Crippen molar-refractivity contribution in [2.24, 2.45) is 0 Å². The van der Waals surface area contributed by atoms with Gasteiger partial charge in [0.05, 0.1) is 26.0 Å². The van der Waals surface area contributed by atoms with Gasteiger partial charge in [0.2, 0.25) is 5.91 Å².